The summed E-state index contributed by atoms with van der Waals surface area (Å²) in [5.41, 5.74) is 3.95. The zero-order valence-electron chi connectivity index (χ0n) is 14.8. The zero-order valence-corrected chi connectivity index (χ0v) is 16.9. The quantitative estimate of drug-likeness (QED) is 0.338. The van der Waals surface area contributed by atoms with Crippen molar-refractivity contribution in [2.75, 3.05) is 18.5 Å². The third-order valence-corrected chi connectivity index (χ3v) is 3.99. The SMILES string of the molecule is CCCOc1c(I)cc(/C=N/NC(=O)Nc2ccccc2)cc1OCC. The highest BCUT2D eigenvalue weighted by Crippen LogP contribution is 2.34. The number of hydrazone groups is 1. The van der Waals surface area contributed by atoms with Gasteiger partial charge >= 0.3 is 6.03 Å². The molecule has 0 spiro atoms. The number of urea groups is 1. The fourth-order valence-electron chi connectivity index (χ4n) is 2.12. The lowest BCUT2D eigenvalue weighted by atomic mass is 10.2. The monoisotopic (exact) mass is 467 g/mol. The molecule has 0 bridgehead atoms. The van der Waals surface area contributed by atoms with Gasteiger partial charge in [0.25, 0.3) is 0 Å². The molecule has 0 aromatic heterocycles. The molecule has 0 radical (unpaired) electrons. The van der Waals surface area contributed by atoms with Gasteiger partial charge in [0, 0.05) is 5.69 Å². The molecule has 0 aliphatic heterocycles. The number of rotatable bonds is 8. The van der Waals surface area contributed by atoms with Crippen molar-refractivity contribution in [1.82, 2.24) is 5.43 Å². The number of para-hydroxylation sites is 1. The first-order valence-electron chi connectivity index (χ1n) is 8.38. The molecule has 26 heavy (non-hydrogen) atoms. The van der Waals surface area contributed by atoms with Crippen molar-refractivity contribution in [3.63, 3.8) is 0 Å². The second-order valence-electron chi connectivity index (χ2n) is 5.30. The summed E-state index contributed by atoms with van der Waals surface area (Å²) in [6, 6.07) is 12.5. The molecule has 2 N–H and O–H groups in total. The Kier molecular flexibility index (Phi) is 8.20. The van der Waals surface area contributed by atoms with Crippen molar-refractivity contribution in [2.24, 2.45) is 5.10 Å². The molecule has 0 aliphatic carbocycles. The van der Waals surface area contributed by atoms with E-state index in [-0.39, 0.29) is 0 Å². The molecule has 2 amide bonds. The third-order valence-electron chi connectivity index (χ3n) is 3.19. The summed E-state index contributed by atoms with van der Waals surface area (Å²) in [4.78, 5) is 11.8. The van der Waals surface area contributed by atoms with Gasteiger partial charge in [-0.1, -0.05) is 25.1 Å². The van der Waals surface area contributed by atoms with Crippen LogP contribution < -0.4 is 20.2 Å². The Hall–Kier alpha value is -2.29. The molecule has 0 heterocycles. The predicted octanol–water partition coefficient (Wildman–Crippen LogP) is 4.63. The molecular formula is C19H22IN3O3. The van der Waals surface area contributed by atoms with Crippen LogP contribution in [0.2, 0.25) is 0 Å². The minimum atomic E-state index is -0.407. The molecular weight excluding hydrogens is 445 g/mol. The molecule has 0 aliphatic rings. The maximum atomic E-state index is 11.8. The van der Waals surface area contributed by atoms with Gasteiger partial charge in [-0.2, -0.15) is 5.10 Å². The summed E-state index contributed by atoms with van der Waals surface area (Å²) in [5, 5.41) is 6.68. The first-order valence-corrected chi connectivity index (χ1v) is 9.46. The van der Waals surface area contributed by atoms with Crippen molar-refractivity contribution in [1.29, 1.82) is 0 Å². The molecule has 138 valence electrons. The zero-order chi connectivity index (χ0) is 18.8. The van der Waals surface area contributed by atoms with E-state index in [2.05, 4.69) is 45.4 Å². The number of ether oxygens (including phenoxy) is 2. The fraction of sp³-hybridized carbons (Fsp3) is 0.263. The van der Waals surface area contributed by atoms with E-state index >= 15 is 0 Å². The lowest BCUT2D eigenvalue weighted by molar-refractivity contribution is 0.252. The van der Waals surface area contributed by atoms with E-state index in [9.17, 15) is 4.79 Å². The Morgan fingerprint density at radius 3 is 2.65 bits per heavy atom. The lowest BCUT2D eigenvalue weighted by Gasteiger charge is -2.14. The first-order chi connectivity index (χ1) is 12.6. The van der Waals surface area contributed by atoms with Crippen LogP contribution in [0.15, 0.2) is 47.6 Å². The highest BCUT2D eigenvalue weighted by atomic mass is 127. The van der Waals surface area contributed by atoms with Crippen LogP contribution in [-0.2, 0) is 0 Å². The van der Waals surface area contributed by atoms with Gasteiger partial charge in [-0.05, 0) is 65.8 Å². The standard InChI is InChI=1S/C19H22IN3O3/c1-3-10-26-18-16(20)11-14(12-17(18)25-4-2)13-21-23-19(24)22-15-8-6-5-7-9-15/h5-9,11-13H,3-4,10H2,1-2H3,(H2,22,23,24)/b21-13+. The van der Waals surface area contributed by atoms with Crippen LogP contribution >= 0.6 is 22.6 Å². The number of amides is 2. The van der Waals surface area contributed by atoms with E-state index in [4.69, 9.17) is 9.47 Å². The number of hydrogen-bond donors (Lipinski definition) is 2. The van der Waals surface area contributed by atoms with Crippen molar-refractivity contribution in [2.45, 2.75) is 20.3 Å². The molecule has 0 unspecified atom stereocenters. The smallest absolute Gasteiger partial charge is 0.339 e. The van der Waals surface area contributed by atoms with Crippen LogP contribution in [0.1, 0.15) is 25.8 Å². The summed E-state index contributed by atoms with van der Waals surface area (Å²) in [6.07, 6.45) is 2.49. The van der Waals surface area contributed by atoms with Gasteiger partial charge in [-0.3, -0.25) is 0 Å². The Morgan fingerprint density at radius 1 is 1.19 bits per heavy atom. The molecule has 7 heteroatoms. The Bertz CT molecular complexity index is 751. The van der Waals surface area contributed by atoms with E-state index in [1.807, 2.05) is 37.3 Å². The van der Waals surface area contributed by atoms with Crippen molar-refractivity contribution in [3.05, 3.63) is 51.6 Å². The minimum Gasteiger partial charge on any atom is -0.490 e. The molecule has 2 aromatic rings. The molecule has 2 aromatic carbocycles. The second kappa shape index (κ2) is 10.6. The maximum absolute atomic E-state index is 11.8. The van der Waals surface area contributed by atoms with E-state index in [1.165, 1.54) is 0 Å². The normalized spacial score (nSPS) is 10.6. The topological polar surface area (TPSA) is 72.0 Å². The summed E-state index contributed by atoms with van der Waals surface area (Å²) in [7, 11) is 0. The van der Waals surface area contributed by atoms with Crippen LogP contribution in [0.4, 0.5) is 10.5 Å². The fourth-order valence-corrected chi connectivity index (χ4v) is 2.90. The number of anilines is 1. The minimum absolute atomic E-state index is 0.407. The van der Waals surface area contributed by atoms with Gasteiger partial charge in [0.1, 0.15) is 0 Å². The predicted molar refractivity (Wildman–Crippen MR) is 112 cm³/mol. The maximum Gasteiger partial charge on any atom is 0.339 e. The number of halogens is 1. The average molecular weight is 467 g/mol. The Morgan fingerprint density at radius 2 is 1.96 bits per heavy atom. The number of nitrogens with one attached hydrogen (secondary N) is 2. The van der Waals surface area contributed by atoms with Crippen LogP contribution in [-0.4, -0.2) is 25.5 Å². The molecule has 0 saturated carbocycles. The first kappa shape index (κ1) is 20.0. The van der Waals surface area contributed by atoms with Crippen molar-refractivity contribution in [3.8, 4) is 11.5 Å². The molecule has 6 nitrogen and oxygen atoms in total. The van der Waals surface area contributed by atoms with E-state index in [0.717, 1.165) is 21.3 Å². The van der Waals surface area contributed by atoms with Gasteiger partial charge in [-0.15, -0.1) is 0 Å². The van der Waals surface area contributed by atoms with Crippen LogP contribution in [0.3, 0.4) is 0 Å². The van der Waals surface area contributed by atoms with Crippen molar-refractivity contribution >= 4 is 40.5 Å². The van der Waals surface area contributed by atoms with Gasteiger partial charge < -0.3 is 14.8 Å². The highest BCUT2D eigenvalue weighted by molar-refractivity contribution is 14.1. The number of benzene rings is 2. The third kappa shape index (κ3) is 6.21. The van der Waals surface area contributed by atoms with Gasteiger partial charge in [0.05, 0.1) is 23.0 Å². The van der Waals surface area contributed by atoms with E-state index in [0.29, 0.717) is 24.7 Å². The lowest BCUT2D eigenvalue weighted by Crippen LogP contribution is -2.24. The van der Waals surface area contributed by atoms with Crippen LogP contribution in [0.25, 0.3) is 0 Å². The number of nitrogens with zero attached hydrogens (tertiary/aromatic N) is 1. The highest BCUT2D eigenvalue weighted by Gasteiger charge is 2.11. The summed E-state index contributed by atoms with van der Waals surface area (Å²) in [6.45, 7) is 5.15. The van der Waals surface area contributed by atoms with Gasteiger partial charge in [0.2, 0.25) is 0 Å². The van der Waals surface area contributed by atoms with Gasteiger partial charge in [-0.25, -0.2) is 10.2 Å². The van der Waals surface area contributed by atoms with Gasteiger partial charge in [0.15, 0.2) is 11.5 Å². The van der Waals surface area contributed by atoms with Crippen LogP contribution in [0.5, 0.6) is 11.5 Å². The van der Waals surface area contributed by atoms with Crippen LogP contribution in [0, 0.1) is 3.57 Å². The average Bonchev–Trinajstić information content (AvgIpc) is 2.62. The summed E-state index contributed by atoms with van der Waals surface area (Å²) < 4.78 is 12.4. The van der Waals surface area contributed by atoms with E-state index in [1.54, 1.807) is 18.3 Å². The summed E-state index contributed by atoms with van der Waals surface area (Å²) in [5.74, 6) is 1.41. The number of carbonyl (C=O) groups is 1. The molecule has 2 rings (SSSR count). The molecule has 0 atom stereocenters. The largest absolute Gasteiger partial charge is 0.490 e. The van der Waals surface area contributed by atoms with E-state index < -0.39 is 6.03 Å². The second-order valence-corrected chi connectivity index (χ2v) is 6.46. The molecule has 0 saturated heterocycles. The Labute approximate surface area is 167 Å². The van der Waals surface area contributed by atoms with Crippen molar-refractivity contribution < 1.29 is 14.3 Å². The molecule has 0 fully saturated rings. The number of carbonyl (C=O) groups excluding carboxylic acids is 1. The number of hydrogen-bond acceptors (Lipinski definition) is 4. The summed E-state index contributed by atoms with van der Waals surface area (Å²) >= 11 is 2.20. The Balaban J connectivity index is 2.03.